The molecule has 2 rings (SSSR count). The molecule has 2 aromatic rings. The third-order valence-corrected chi connectivity index (χ3v) is 6.47. The van der Waals surface area contributed by atoms with Crippen LogP contribution in [-0.2, 0) is 16.6 Å². The lowest BCUT2D eigenvalue weighted by Gasteiger charge is -2.22. The summed E-state index contributed by atoms with van der Waals surface area (Å²) in [5.41, 5.74) is 1.12. The van der Waals surface area contributed by atoms with Gasteiger partial charge in [0.15, 0.2) is 5.96 Å². The molecule has 1 aromatic heterocycles. The molecule has 0 atom stereocenters. The standard InChI is InChI=1S/C17H24N4O3S2.HI/c1-18-17(21(2)13-14-6-8-15(24-3)9-7-14)19-10-11-20-26(22,23)16-5-4-12-25-16;/h4-9,12,20H,10-11,13H2,1-3H3,(H,18,19);1H. The molecule has 7 nitrogen and oxygen atoms in total. The molecule has 10 heteroatoms. The van der Waals surface area contributed by atoms with E-state index < -0.39 is 10.0 Å². The van der Waals surface area contributed by atoms with Gasteiger partial charge in [-0.3, -0.25) is 4.99 Å². The molecular formula is C17H25IN4O3S2. The maximum atomic E-state index is 12.1. The summed E-state index contributed by atoms with van der Waals surface area (Å²) in [5, 5.41) is 4.90. The van der Waals surface area contributed by atoms with Gasteiger partial charge in [-0.15, -0.1) is 35.3 Å². The number of hydrogen-bond donors (Lipinski definition) is 2. The van der Waals surface area contributed by atoms with Crippen LogP contribution >= 0.6 is 35.3 Å². The quantitative estimate of drug-likeness (QED) is 0.240. The molecule has 1 heterocycles. The predicted octanol–water partition coefficient (Wildman–Crippen LogP) is 2.36. The molecule has 0 radical (unpaired) electrons. The Bertz CT molecular complexity index is 809. The Labute approximate surface area is 181 Å². The summed E-state index contributed by atoms with van der Waals surface area (Å²) in [4.78, 5) is 6.20. The van der Waals surface area contributed by atoms with Crippen molar-refractivity contribution in [2.75, 3.05) is 34.3 Å². The molecule has 0 aliphatic heterocycles. The van der Waals surface area contributed by atoms with Crippen LogP contribution in [0.1, 0.15) is 5.56 Å². The fraction of sp³-hybridized carbons (Fsp3) is 0.353. The first kappa shape index (κ1) is 23.7. The Morgan fingerprint density at radius 1 is 1.22 bits per heavy atom. The minimum atomic E-state index is -3.43. The average Bonchev–Trinajstić information content (AvgIpc) is 3.18. The van der Waals surface area contributed by atoms with Crippen molar-refractivity contribution in [3.05, 3.63) is 47.3 Å². The molecule has 0 bridgehead atoms. The van der Waals surface area contributed by atoms with Crippen LogP contribution in [0.4, 0.5) is 0 Å². The number of sulfonamides is 1. The van der Waals surface area contributed by atoms with E-state index in [4.69, 9.17) is 4.74 Å². The number of aliphatic imine (C=N–C) groups is 1. The minimum absolute atomic E-state index is 0. The molecule has 27 heavy (non-hydrogen) atoms. The zero-order valence-corrected chi connectivity index (χ0v) is 19.5. The van der Waals surface area contributed by atoms with Gasteiger partial charge in [-0.1, -0.05) is 18.2 Å². The molecule has 2 N–H and O–H groups in total. The highest BCUT2D eigenvalue weighted by molar-refractivity contribution is 14.0. The van der Waals surface area contributed by atoms with E-state index in [1.165, 1.54) is 11.3 Å². The van der Waals surface area contributed by atoms with Crippen LogP contribution in [0, 0.1) is 0 Å². The van der Waals surface area contributed by atoms with Crippen LogP contribution in [0.3, 0.4) is 0 Å². The number of ether oxygens (including phenoxy) is 1. The van der Waals surface area contributed by atoms with E-state index in [1.54, 1.807) is 31.7 Å². The van der Waals surface area contributed by atoms with Crippen LogP contribution in [0.2, 0.25) is 0 Å². The van der Waals surface area contributed by atoms with E-state index in [-0.39, 0.29) is 30.5 Å². The summed E-state index contributed by atoms with van der Waals surface area (Å²) >= 11 is 1.20. The second-order valence-electron chi connectivity index (χ2n) is 5.51. The van der Waals surface area contributed by atoms with E-state index in [0.29, 0.717) is 23.3 Å². The second kappa shape index (κ2) is 11.5. The van der Waals surface area contributed by atoms with Crippen molar-refractivity contribution in [2.45, 2.75) is 10.8 Å². The number of hydrogen-bond acceptors (Lipinski definition) is 5. The van der Waals surface area contributed by atoms with Gasteiger partial charge in [0.2, 0.25) is 10.0 Å². The predicted molar refractivity (Wildman–Crippen MR) is 121 cm³/mol. The Hall–Kier alpha value is -1.37. The number of nitrogens with zero attached hydrogens (tertiary/aromatic N) is 2. The van der Waals surface area contributed by atoms with Crippen molar-refractivity contribution >= 4 is 51.3 Å². The lowest BCUT2D eigenvalue weighted by atomic mass is 10.2. The zero-order valence-electron chi connectivity index (χ0n) is 15.5. The summed E-state index contributed by atoms with van der Waals surface area (Å²) in [5.74, 6) is 1.51. The minimum Gasteiger partial charge on any atom is -0.497 e. The number of guanidine groups is 1. The van der Waals surface area contributed by atoms with Gasteiger partial charge in [0, 0.05) is 33.7 Å². The first-order valence-electron chi connectivity index (χ1n) is 8.04. The van der Waals surface area contributed by atoms with Crippen LogP contribution in [0.15, 0.2) is 51.0 Å². The van der Waals surface area contributed by atoms with E-state index in [0.717, 1.165) is 11.3 Å². The van der Waals surface area contributed by atoms with Gasteiger partial charge in [-0.25, -0.2) is 13.1 Å². The van der Waals surface area contributed by atoms with Crippen LogP contribution in [0.25, 0.3) is 0 Å². The smallest absolute Gasteiger partial charge is 0.250 e. The highest BCUT2D eigenvalue weighted by atomic mass is 127. The molecule has 0 fully saturated rings. The lowest BCUT2D eigenvalue weighted by Crippen LogP contribution is -2.42. The number of nitrogens with one attached hydrogen (secondary N) is 2. The third-order valence-electron chi connectivity index (χ3n) is 3.61. The zero-order chi connectivity index (χ0) is 19.0. The summed E-state index contributed by atoms with van der Waals surface area (Å²) < 4.78 is 32.2. The van der Waals surface area contributed by atoms with E-state index in [2.05, 4.69) is 15.0 Å². The highest BCUT2D eigenvalue weighted by Crippen LogP contribution is 2.15. The average molecular weight is 524 g/mol. The normalized spacial score (nSPS) is 11.6. The fourth-order valence-corrected chi connectivity index (χ4v) is 4.38. The molecule has 0 unspecified atom stereocenters. The van der Waals surface area contributed by atoms with Gasteiger partial charge < -0.3 is 15.0 Å². The molecule has 0 aliphatic rings. The first-order valence-corrected chi connectivity index (χ1v) is 10.4. The van der Waals surface area contributed by atoms with Gasteiger partial charge in [-0.05, 0) is 29.1 Å². The summed E-state index contributed by atoms with van der Waals surface area (Å²) in [6.07, 6.45) is 0. The van der Waals surface area contributed by atoms with Crippen LogP contribution in [0.5, 0.6) is 5.75 Å². The molecule has 0 amide bonds. The summed E-state index contributed by atoms with van der Waals surface area (Å²) in [6.45, 7) is 1.38. The lowest BCUT2D eigenvalue weighted by molar-refractivity contribution is 0.414. The van der Waals surface area contributed by atoms with Gasteiger partial charge >= 0.3 is 0 Å². The third kappa shape index (κ3) is 7.28. The highest BCUT2D eigenvalue weighted by Gasteiger charge is 2.14. The maximum Gasteiger partial charge on any atom is 0.250 e. The van der Waals surface area contributed by atoms with E-state index >= 15 is 0 Å². The van der Waals surface area contributed by atoms with E-state index in [9.17, 15) is 8.42 Å². The molecule has 0 aliphatic carbocycles. The fourth-order valence-electron chi connectivity index (χ4n) is 2.31. The Balaban J connectivity index is 0.00000364. The first-order chi connectivity index (χ1) is 12.5. The van der Waals surface area contributed by atoms with Crippen molar-refractivity contribution in [2.24, 2.45) is 4.99 Å². The molecule has 0 saturated carbocycles. The number of thiophene rings is 1. The number of methoxy groups -OCH3 is 1. The SMILES string of the molecule is CN=C(NCCNS(=O)(=O)c1cccs1)N(C)Cc1ccc(OC)cc1.I. The van der Waals surface area contributed by atoms with Gasteiger partial charge in [0.05, 0.1) is 7.11 Å². The number of benzene rings is 1. The number of halogens is 1. The van der Waals surface area contributed by atoms with Crippen LogP contribution < -0.4 is 14.8 Å². The van der Waals surface area contributed by atoms with Gasteiger partial charge in [0.25, 0.3) is 0 Å². The topological polar surface area (TPSA) is 83.0 Å². The van der Waals surface area contributed by atoms with Crippen LogP contribution in [-0.4, -0.2) is 53.6 Å². The van der Waals surface area contributed by atoms with E-state index in [1.807, 2.05) is 36.2 Å². The summed E-state index contributed by atoms with van der Waals surface area (Å²) in [7, 11) is 1.83. The van der Waals surface area contributed by atoms with Crippen molar-refractivity contribution in [3.8, 4) is 5.75 Å². The largest absolute Gasteiger partial charge is 0.497 e. The van der Waals surface area contributed by atoms with Crippen molar-refractivity contribution in [3.63, 3.8) is 0 Å². The molecular weight excluding hydrogens is 499 g/mol. The second-order valence-corrected chi connectivity index (χ2v) is 8.45. The van der Waals surface area contributed by atoms with Crippen molar-refractivity contribution in [1.29, 1.82) is 0 Å². The number of rotatable bonds is 8. The monoisotopic (exact) mass is 524 g/mol. The molecule has 0 spiro atoms. The van der Waals surface area contributed by atoms with Gasteiger partial charge in [-0.2, -0.15) is 0 Å². The molecule has 0 saturated heterocycles. The molecule has 150 valence electrons. The Morgan fingerprint density at radius 2 is 1.93 bits per heavy atom. The van der Waals surface area contributed by atoms with Crippen molar-refractivity contribution in [1.82, 2.24) is 14.9 Å². The Kier molecular flexibility index (Phi) is 10.1. The maximum absolute atomic E-state index is 12.1. The molecule has 1 aromatic carbocycles. The van der Waals surface area contributed by atoms with Gasteiger partial charge in [0.1, 0.15) is 9.96 Å². The summed E-state index contributed by atoms with van der Waals surface area (Å²) in [6, 6.07) is 11.1. The van der Waals surface area contributed by atoms with Crippen molar-refractivity contribution < 1.29 is 13.2 Å². The Morgan fingerprint density at radius 3 is 2.48 bits per heavy atom.